The molecule has 0 fully saturated rings. The largest absolute Gasteiger partial charge is 0.465 e. The third-order valence-electron chi connectivity index (χ3n) is 6.45. The van der Waals surface area contributed by atoms with E-state index in [0.29, 0.717) is 12.5 Å². The van der Waals surface area contributed by atoms with Gasteiger partial charge in [-0.05, 0) is 31.6 Å². The molecule has 2 unspecified atom stereocenters. The summed E-state index contributed by atoms with van der Waals surface area (Å²) in [5, 5.41) is -0.220. The monoisotopic (exact) mass is 424 g/mol. The Balaban J connectivity index is 5.12. The molecule has 0 aliphatic rings. The van der Waals surface area contributed by atoms with Crippen LogP contribution in [0, 0.1) is 5.92 Å². The molecule has 0 aromatic rings. The standard InChI is InChI=1S/C26H52O2Si/c1-6-11-13-15-17-20-24(19-8-3)26(21-9-4,29-23-10-5)25(27)28-22-18-16-14-12-7-2/h9,24H,4,6-8,10-23,29H2,1-3,5H3. The highest BCUT2D eigenvalue weighted by Crippen LogP contribution is 2.46. The summed E-state index contributed by atoms with van der Waals surface area (Å²) in [6, 6.07) is 1.23. The molecular formula is C26H52O2Si. The van der Waals surface area contributed by atoms with Gasteiger partial charge >= 0.3 is 5.97 Å². The van der Waals surface area contributed by atoms with Crippen molar-refractivity contribution in [3.05, 3.63) is 12.7 Å². The van der Waals surface area contributed by atoms with Crippen molar-refractivity contribution < 1.29 is 9.53 Å². The van der Waals surface area contributed by atoms with Crippen LogP contribution in [0.2, 0.25) is 11.1 Å². The Hall–Kier alpha value is -0.573. The van der Waals surface area contributed by atoms with Crippen molar-refractivity contribution in [1.29, 1.82) is 0 Å². The van der Waals surface area contributed by atoms with Crippen LogP contribution in [-0.2, 0) is 9.53 Å². The van der Waals surface area contributed by atoms with E-state index >= 15 is 0 Å². The molecule has 29 heavy (non-hydrogen) atoms. The highest BCUT2D eigenvalue weighted by Gasteiger charge is 2.44. The first-order valence-corrected chi connectivity index (χ1v) is 14.6. The minimum Gasteiger partial charge on any atom is -0.465 e. The molecule has 2 nitrogen and oxygen atoms in total. The summed E-state index contributed by atoms with van der Waals surface area (Å²) in [6.45, 7) is 13.7. The van der Waals surface area contributed by atoms with Gasteiger partial charge in [-0.3, -0.25) is 4.79 Å². The van der Waals surface area contributed by atoms with Gasteiger partial charge in [0.15, 0.2) is 0 Å². The Morgan fingerprint density at radius 2 is 1.48 bits per heavy atom. The van der Waals surface area contributed by atoms with Gasteiger partial charge in [-0.25, -0.2) is 0 Å². The zero-order valence-corrected chi connectivity index (χ0v) is 21.8. The SMILES string of the molecule is C=CCC([SiH2]CCC)(C(=O)OCCCCCCC)C(CCC)CCCCCCC. The number of carbonyl (C=O) groups is 1. The zero-order valence-electron chi connectivity index (χ0n) is 20.4. The van der Waals surface area contributed by atoms with Crippen LogP contribution in [0.3, 0.4) is 0 Å². The predicted molar refractivity (Wildman–Crippen MR) is 133 cm³/mol. The second-order valence-electron chi connectivity index (χ2n) is 8.99. The van der Waals surface area contributed by atoms with Gasteiger partial charge in [-0.15, -0.1) is 6.58 Å². The van der Waals surface area contributed by atoms with E-state index < -0.39 is 9.52 Å². The van der Waals surface area contributed by atoms with Crippen LogP contribution in [0.4, 0.5) is 0 Å². The maximum absolute atomic E-state index is 13.5. The van der Waals surface area contributed by atoms with Crippen LogP contribution >= 0.6 is 0 Å². The molecule has 0 aromatic heterocycles. The van der Waals surface area contributed by atoms with Gasteiger partial charge in [0.05, 0.1) is 11.6 Å². The average Bonchev–Trinajstić information content (AvgIpc) is 2.72. The predicted octanol–water partition coefficient (Wildman–Crippen LogP) is 8.01. The molecule has 0 bridgehead atoms. The molecule has 172 valence electrons. The smallest absolute Gasteiger partial charge is 0.309 e. The fourth-order valence-corrected chi connectivity index (χ4v) is 7.14. The lowest BCUT2D eigenvalue weighted by Crippen LogP contribution is -2.38. The van der Waals surface area contributed by atoms with Crippen molar-refractivity contribution in [1.82, 2.24) is 0 Å². The molecule has 0 heterocycles. The van der Waals surface area contributed by atoms with Gasteiger partial charge < -0.3 is 4.74 Å². The second-order valence-corrected chi connectivity index (χ2v) is 11.5. The van der Waals surface area contributed by atoms with Gasteiger partial charge in [-0.1, -0.05) is 110 Å². The molecule has 0 amide bonds. The molecule has 0 N–H and O–H groups in total. The van der Waals surface area contributed by atoms with Gasteiger partial charge in [0.2, 0.25) is 0 Å². The lowest BCUT2D eigenvalue weighted by atomic mass is 9.81. The molecule has 0 aromatic carbocycles. The molecular weight excluding hydrogens is 372 g/mol. The molecule has 0 saturated heterocycles. The van der Waals surface area contributed by atoms with Crippen LogP contribution in [0.25, 0.3) is 0 Å². The van der Waals surface area contributed by atoms with Crippen LogP contribution in [-0.4, -0.2) is 22.1 Å². The number of ether oxygens (including phenoxy) is 1. The lowest BCUT2D eigenvalue weighted by Gasteiger charge is -2.38. The van der Waals surface area contributed by atoms with Crippen molar-refractivity contribution in [2.24, 2.45) is 5.92 Å². The number of unbranched alkanes of at least 4 members (excludes halogenated alkanes) is 8. The highest BCUT2D eigenvalue weighted by molar-refractivity contribution is 6.47. The summed E-state index contributed by atoms with van der Waals surface area (Å²) < 4.78 is 5.96. The fourth-order valence-electron chi connectivity index (χ4n) is 4.63. The first kappa shape index (κ1) is 28.4. The van der Waals surface area contributed by atoms with Crippen molar-refractivity contribution >= 4 is 15.5 Å². The third kappa shape index (κ3) is 12.0. The van der Waals surface area contributed by atoms with Crippen molar-refractivity contribution in [3.63, 3.8) is 0 Å². The van der Waals surface area contributed by atoms with Crippen LogP contribution in [0.5, 0.6) is 0 Å². The Bertz CT molecular complexity index is 396. The van der Waals surface area contributed by atoms with Crippen molar-refractivity contribution in [3.8, 4) is 0 Å². The molecule has 0 saturated carbocycles. The summed E-state index contributed by atoms with van der Waals surface area (Å²) in [7, 11) is -0.545. The summed E-state index contributed by atoms with van der Waals surface area (Å²) in [5.74, 6) is 0.609. The van der Waals surface area contributed by atoms with Gasteiger partial charge in [0, 0.05) is 9.52 Å². The Labute approximate surface area is 185 Å². The first-order valence-electron chi connectivity index (χ1n) is 12.9. The van der Waals surface area contributed by atoms with Gasteiger partial charge in [0.1, 0.15) is 0 Å². The Kier molecular flexibility index (Phi) is 19.0. The van der Waals surface area contributed by atoms with Crippen LogP contribution in [0.15, 0.2) is 12.7 Å². The van der Waals surface area contributed by atoms with E-state index in [0.717, 1.165) is 25.7 Å². The molecule has 0 spiro atoms. The Morgan fingerprint density at radius 1 is 0.862 bits per heavy atom. The molecule has 0 radical (unpaired) electrons. The third-order valence-corrected chi connectivity index (χ3v) is 9.55. The van der Waals surface area contributed by atoms with Crippen molar-refractivity contribution in [2.75, 3.05) is 6.61 Å². The average molecular weight is 425 g/mol. The molecule has 0 aliphatic carbocycles. The quantitative estimate of drug-likeness (QED) is 0.0807. The number of rotatable bonds is 21. The maximum atomic E-state index is 13.5. The van der Waals surface area contributed by atoms with Gasteiger partial charge in [0.25, 0.3) is 0 Å². The highest BCUT2D eigenvalue weighted by atomic mass is 28.2. The molecule has 3 heteroatoms. The molecule has 0 aliphatic heterocycles. The maximum Gasteiger partial charge on any atom is 0.309 e. The normalized spacial score (nSPS) is 14.8. The van der Waals surface area contributed by atoms with Crippen LogP contribution in [0.1, 0.15) is 124 Å². The van der Waals surface area contributed by atoms with E-state index in [2.05, 4.69) is 34.3 Å². The van der Waals surface area contributed by atoms with E-state index in [1.807, 2.05) is 6.08 Å². The lowest BCUT2D eigenvalue weighted by molar-refractivity contribution is -0.149. The second kappa shape index (κ2) is 19.4. The summed E-state index contributed by atoms with van der Waals surface area (Å²) in [6.07, 6.45) is 20.0. The minimum atomic E-state index is -0.545. The minimum absolute atomic E-state index is 0.125. The van der Waals surface area contributed by atoms with E-state index in [1.54, 1.807) is 0 Å². The fraction of sp³-hybridized carbons (Fsp3) is 0.885. The first-order chi connectivity index (χ1) is 14.1. The van der Waals surface area contributed by atoms with E-state index in [4.69, 9.17) is 4.74 Å². The number of esters is 1. The van der Waals surface area contributed by atoms with Crippen LogP contribution < -0.4 is 0 Å². The van der Waals surface area contributed by atoms with Crippen molar-refractivity contribution in [2.45, 2.75) is 135 Å². The molecule has 0 rings (SSSR count). The molecule has 2 atom stereocenters. The number of hydrogen-bond acceptors (Lipinski definition) is 2. The van der Waals surface area contributed by atoms with Gasteiger partial charge in [-0.2, -0.15) is 0 Å². The summed E-state index contributed by atoms with van der Waals surface area (Å²) >= 11 is 0. The summed E-state index contributed by atoms with van der Waals surface area (Å²) in [4.78, 5) is 13.5. The number of allylic oxidation sites excluding steroid dienone is 1. The topological polar surface area (TPSA) is 26.3 Å². The zero-order chi connectivity index (χ0) is 21.8. The number of hydrogen-bond donors (Lipinski definition) is 0. The summed E-state index contributed by atoms with van der Waals surface area (Å²) in [5.41, 5.74) is 0. The van der Waals surface area contributed by atoms with E-state index in [1.165, 1.54) is 76.7 Å². The van der Waals surface area contributed by atoms with E-state index in [9.17, 15) is 4.79 Å². The Morgan fingerprint density at radius 3 is 2.03 bits per heavy atom. The number of carbonyl (C=O) groups excluding carboxylic acids is 1. The van der Waals surface area contributed by atoms with E-state index in [-0.39, 0.29) is 11.0 Å².